The molecule has 0 bridgehead atoms. The number of nitrogens with one attached hydrogen (secondary N) is 1. The van der Waals surface area contributed by atoms with Crippen molar-refractivity contribution in [1.82, 2.24) is 43.9 Å². The molecule has 8 rings (SSSR count). The van der Waals surface area contributed by atoms with E-state index in [4.69, 9.17) is 14.5 Å². The van der Waals surface area contributed by atoms with Crippen LogP contribution in [0.25, 0.3) is 45.3 Å². The molecule has 0 aliphatic carbocycles. The first kappa shape index (κ1) is 45.9. The van der Waals surface area contributed by atoms with Crippen LogP contribution in [-0.2, 0) is 36.0 Å². The molecule has 12 nitrogen and oxygen atoms in total. The zero-order valence-electron chi connectivity index (χ0n) is 38.7. The molecule has 0 fully saturated rings. The molecule has 1 N–H and O–H groups in total. The van der Waals surface area contributed by atoms with E-state index in [-0.39, 0.29) is 0 Å². The lowest BCUT2D eigenvalue weighted by Gasteiger charge is -2.16. The van der Waals surface area contributed by atoms with E-state index >= 15 is 0 Å². The lowest BCUT2D eigenvalue weighted by Crippen LogP contribution is -2.35. The van der Waals surface area contributed by atoms with Gasteiger partial charge in [-0.25, -0.2) is 9.97 Å². The zero-order valence-corrected chi connectivity index (χ0v) is 40.7. The summed E-state index contributed by atoms with van der Waals surface area (Å²) >= 11 is 0. The Hall–Kier alpha value is -6.07. The molecule has 0 aliphatic rings. The Kier molecular flexibility index (Phi) is 15.1. The molecule has 8 aromatic rings. The summed E-state index contributed by atoms with van der Waals surface area (Å²) in [4.78, 5) is 18.5. The summed E-state index contributed by atoms with van der Waals surface area (Å²) in [5.74, 6) is 1.67. The lowest BCUT2D eigenvalue weighted by molar-refractivity contribution is -0.742. The van der Waals surface area contributed by atoms with Gasteiger partial charge in [-0.2, -0.15) is 10.2 Å². The van der Waals surface area contributed by atoms with E-state index < -0.39 is 16.1 Å². The van der Waals surface area contributed by atoms with Crippen molar-refractivity contribution >= 4 is 16.1 Å². The molecular formula is C50H63N10O2Si2+. The highest BCUT2D eigenvalue weighted by atomic mass is 28.3. The summed E-state index contributed by atoms with van der Waals surface area (Å²) < 4.78 is 20.1. The Labute approximate surface area is 380 Å². The van der Waals surface area contributed by atoms with Gasteiger partial charge in [0, 0.05) is 77.2 Å². The van der Waals surface area contributed by atoms with E-state index in [1.54, 1.807) is 0 Å². The van der Waals surface area contributed by atoms with Gasteiger partial charge < -0.3 is 18.6 Å². The van der Waals surface area contributed by atoms with Crippen molar-refractivity contribution in [3.63, 3.8) is 0 Å². The molecule has 0 amide bonds. The smallest absolute Gasteiger partial charge is 0.203 e. The summed E-state index contributed by atoms with van der Waals surface area (Å²) in [5, 5.41) is 7.87. The fourth-order valence-electron chi connectivity index (χ4n) is 7.01. The predicted octanol–water partition coefficient (Wildman–Crippen LogP) is 10.4. The van der Waals surface area contributed by atoms with Crippen LogP contribution in [0.4, 0.5) is 0 Å². The summed E-state index contributed by atoms with van der Waals surface area (Å²) in [6.45, 7) is 22.3. The maximum absolute atomic E-state index is 5.99. The van der Waals surface area contributed by atoms with E-state index in [0.29, 0.717) is 13.5 Å². The van der Waals surface area contributed by atoms with Gasteiger partial charge in [0.2, 0.25) is 6.20 Å². The highest BCUT2D eigenvalue weighted by Gasteiger charge is 2.17. The third kappa shape index (κ3) is 13.2. The number of pyridine rings is 2. The highest BCUT2D eigenvalue weighted by molar-refractivity contribution is 6.76. The summed E-state index contributed by atoms with van der Waals surface area (Å²) in [6, 6.07) is 31.3. The Morgan fingerprint density at radius 2 is 1.25 bits per heavy atom. The zero-order chi connectivity index (χ0) is 45.1. The van der Waals surface area contributed by atoms with Crippen molar-refractivity contribution in [2.24, 2.45) is 0 Å². The summed E-state index contributed by atoms with van der Waals surface area (Å²) in [7, 11) is -2.21. The Morgan fingerprint density at radius 1 is 0.641 bits per heavy atom. The molecule has 64 heavy (non-hydrogen) atoms. The number of nitrogens with zero attached hydrogens (tertiary/aromatic N) is 9. The molecule has 6 aromatic heterocycles. The van der Waals surface area contributed by atoms with Gasteiger partial charge in [0.05, 0.1) is 30.2 Å². The van der Waals surface area contributed by atoms with Crippen LogP contribution in [0.2, 0.25) is 51.4 Å². The number of aromatic nitrogens is 10. The minimum atomic E-state index is -1.11. The number of hydrogen-bond donors (Lipinski definition) is 1. The second kappa shape index (κ2) is 21.1. The molecule has 0 atom stereocenters. The third-order valence-electron chi connectivity index (χ3n) is 10.7. The Bertz CT molecular complexity index is 2570. The van der Waals surface area contributed by atoms with E-state index in [1.165, 1.54) is 11.1 Å². The quantitative estimate of drug-likeness (QED) is 0.0518. The minimum Gasteiger partial charge on any atom is -0.361 e. The maximum atomic E-state index is 5.99. The van der Waals surface area contributed by atoms with Gasteiger partial charge in [0.1, 0.15) is 24.8 Å². The number of benzene rings is 2. The largest absolute Gasteiger partial charge is 0.361 e. The monoisotopic (exact) mass is 891 g/mol. The van der Waals surface area contributed by atoms with Crippen molar-refractivity contribution in [1.29, 1.82) is 0 Å². The van der Waals surface area contributed by atoms with Gasteiger partial charge in [-0.1, -0.05) is 99.9 Å². The van der Waals surface area contributed by atoms with Gasteiger partial charge in [0.15, 0.2) is 18.2 Å². The van der Waals surface area contributed by atoms with E-state index in [0.717, 1.165) is 95.1 Å². The third-order valence-corrected chi connectivity index (χ3v) is 14.1. The molecule has 332 valence electrons. The average molecular weight is 892 g/mol. The molecule has 0 radical (unpaired) electrons. The fourth-order valence-corrected chi connectivity index (χ4v) is 8.53. The van der Waals surface area contributed by atoms with Crippen LogP contribution in [0.15, 0.2) is 135 Å². The average Bonchev–Trinajstić information content (AvgIpc) is 4.09. The van der Waals surface area contributed by atoms with Crippen LogP contribution < -0.4 is 4.68 Å². The van der Waals surface area contributed by atoms with Gasteiger partial charge in [0.25, 0.3) is 0 Å². The van der Waals surface area contributed by atoms with Crippen molar-refractivity contribution in [2.75, 3.05) is 13.2 Å². The lowest BCUT2D eigenvalue weighted by atomic mass is 10.1. The van der Waals surface area contributed by atoms with Crippen molar-refractivity contribution in [2.45, 2.75) is 91.8 Å². The first-order valence-electron chi connectivity index (χ1n) is 22.1. The Morgan fingerprint density at radius 3 is 1.91 bits per heavy atom. The van der Waals surface area contributed by atoms with Crippen LogP contribution >= 0.6 is 0 Å². The number of aryl methyl sites for hydroxylation is 2. The number of H-pyrrole nitrogens is 1. The van der Waals surface area contributed by atoms with Gasteiger partial charge in [-0.3, -0.25) is 14.6 Å². The van der Waals surface area contributed by atoms with Crippen LogP contribution in [0.3, 0.4) is 0 Å². The second-order valence-electron chi connectivity index (χ2n) is 18.8. The molecule has 0 spiro atoms. The standard InChI is InChI=1S/2C25H31N5OSi/c1-20-16-29(19-31-12-13-32(2,3)4)25(28-20)24-14-22(10-11-26-24)23-15-27-30(18-23)17-21-8-6-5-7-9-21;1-20-15-27-25(30(20)19-31-12-13-32(2,3)4)24-14-22(10-11-26-24)23-16-28-29(18-23)17-21-8-6-5-7-9-21/h2*5-11,14-16,18H,12-13,17,19H2,1-4H3/p+1. The molecule has 0 saturated heterocycles. The number of aromatic amines is 1. The second-order valence-corrected chi connectivity index (χ2v) is 30.0. The van der Waals surface area contributed by atoms with Crippen molar-refractivity contribution < 1.29 is 14.2 Å². The molecular weight excluding hydrogens is 829 g/mol. The van der Waals surface area contributed by atoms with Crippen LogP contribution in [0, 0.1) is 13.8 Å². The van der Waals surface area contributed by atoms with E-state index in [9.17, 15) is 0 Å². The van der Waals surface area contributed by atoms with E-state index in [2.05, 4.69) is 146 Å². The summed E-state index contributed by atoms with van der Waals surface area (Å²) in [5.41, 5.74) is 10.5. The van der Waals surface area contributed by atoms with Crippen LogP contribution in [0.1, 0.15) is 22.5 Å². The number of ether oxygens (including phenoxy) is 2. The number of imidazole rings is 2. The summed E-state index contributed by atoms with van der Waals surface area (Å²) in [6.07, 6.45) is 15.7. The normalized spacial score (nSPS) is 11.8. The maximum Gasteiger partial charge on any atom is 0.203 e. The SMILES string of the molecule is Cc1cn(COCC[Si](C)(C)C)c(-c2cc(-c3c[nH][n+](Cc4ccccc4)c3)ccn2)n1.Cc1cnc(-c2cc(-c3cnn(Cc4ccccc4)c3)ccn2)n1COCC[Si](C)(C)C. The molecule has 14 heteroatoms. The number of rotatable bonds is 18. The predicted molar refractivity (Wildman–Crippen MR) is 261 cm³/mol. The molecule has 0 aliphatic heterocycles. The first-order chi connectivity index (χ1) is 30.8. The molecule has 0 unspecified atom stereocenters. The van der Waals surface area contributed by atoms with Crippen LogP contribution in [0.5, 0.6) is 0 Å². The highest BCUT2D eigenvalue weighted by Crippen LogP contribution is 2.26. The first-order valence-corrected chi connectivity index (χ1v) is 29.5. The molecule has 6 heterocycles. The van der Waals surface area contributed by atoms with Crippen LogP contribution in [-0.4, -0.2) is 73.3 Å². The number of hydrogen-bond acceptors (Lipinski definition) is 7. The van der Waals surface area contributed by atoms with Crippen molar-refractivity contribution in [3.8, 4) is 45.3 Å². The van der Waals surface area contributed by atoms with Gasteiger partial charge >= 0.3 is 0 Å². The Balaban J connectivity index is 0.000000191. The fraction of sp³-hybridized carbons (Fsp3) is 0.320. The molecule has 2 aromatic carbocycles. The topological polar surface area (TPSA) is 117 Å². The van der Waals surface area contributed by atoms with Gasteiger partial charge in [-0.15, -0.1) is 4.68 Å². The van der Waals surface area contributed by atoms with E-state index in [1.807, 2.05) is 85.2 Å². The van der Waals surface area contributed by atoms with Crippen molar-refractivity contribution in [3.05, 3.63) is 157 Å². The van der Waals surface area contributed by atoms with Gasteiger partial charge in [-0.05, 0) is 66.9 Å². The minimum absolute atomic E-state index is 0.493. The molecule has 0 saturated carbocycles.